The summed E-state index contributed by atoms with van der Waals surface area (Å²) >= 11 is 1.75. The van der Waals surface area contributed by atoms with E-state index < -0.39 is 0 Å². The fourth-order valence-corrected chi connectivity index (χ4v) is 4.04. The normalized spacial score (nSPS) is 23.4. The van der Waals surface area contributed by atoms with Gasteiger partial charge in [-0.05, 0) is 18.1 Å². The summed E-state index contributed by atoms with van der Waals surface area (Å²) in [5, 5.41) is 6.18. The van der Waals surface area contributed by atoms with Crippen LogP contribution in [0.1, 0.15) is 24.8 Å². The van der Waals surface area contributed by atoms with Crippen molar-refractivity contribution >= 4 is 29.3 Å². The smallest absolute Gasteiger partial charge is 0.238 e. The fourth-order valence-electron chi connectivity index (χ4n) is 3.10. The highest BCUT2D eigenvalue weighted by Crippen LogP contribution is 2.37. The number of nitrogens with one attached hydrogen (secondary N) is 2. The van der Waals surface area contributed by atoms with Crippen molar-refractivity contribution in [1.29, 1.82) is 0 Å². The molecule has 1 aromatic carbocycles. The summed E-state index contributed by atoms with van der Waals surface area (Å²) in [5.74, 6) is 2.15. The van der Waals surface area contributed by atoms with Crippen LogP contribution in [0.25, 0.3) is 0 Å². The Morgan fingerprint density at radius 2 is 2.23 bits per heavy atom. The molecule has 5 nitrogen and oxygen atoms in total. The van der Waals surface area contributed by atoms with Gasteiger partial charge in [0.2, 0.25) is 11.8 Å². The number of carbonyl (C=O) groups is 2. The van der Waals surface area contributed by atoms with Crippen LogP contribution in [0, 0.1) is 0 Å². The van der Waals surface area contributed by atoms with Gasteiger partial charge in [-0.3, -0.25) is 14.9 Å². The molecule has 3 rings (SSSR count). The van der Waals surface area contributed by atoms with Gasteiger partial charge in [0.25, 0.3) is 0 Å². The predicted molar refractivity (Wildman–Crippen MR) is 89.1 cm³/mol. The fraction of sp³-hybridized carbons (Fsp3) is 0.500. The largest absolute Gasteiger partial charge is 0.355 e. The van der Waals surface area contributed by atoms with Gasteiger partial charge < -0.3 is 10.2 Å². The predicted octanol–water partition coefficient (Wildman–Crippen LogP) is 1.31. The number of rotatable bonds is 4. The standard InChI is InChI=1S/C16H21N3O2S/c1-11(20)19-8-12(13-4-2-3-5-15(13)19)6-7-17-16(21)14-9-22-10-18-14/h2-5,12,14,18H,6-10H2,1H3,(H,17,21). The minimum Gasteiger partial charge on any atom is -0.355 e. The zero-order valence-electron chi connectivity index (χ0n) is 12.7. The van der Waals surface area contributed by atoms with Gasteiger partial charge in [-0.25, -0.2) is 0 Å². The van der Waals surface area contributed by atoms with Crippen molar-refractivity contribution in [3.05, 3.63) is 29.8 Å². The lowest BCUT2D eigenvalue weighted by molar-refractivity contribution is -0.122. The second-order valence-electron chi connectivity index (χ2n) is 5.74. The SMILES string of the molecule is CC(=O)N1CC(CCNC(=O)C2CSCN2)c2ccccc21. The molecule has 0 aliphatic carbocycles. The van der Waals surface area contributed by atoms with E-state index in [4.69, 9.17) is 0 Å². The van der Waals surface area contributed by atoms with Gasteiger partial charge in [-0.15, -0.1) is 11.8 Å². The maximum atomic E-state index is 12.0. The molecule has 2 unspecified atom stereocenters. The van der Waals surface area contributed by atoms with Crippen LogP contribution in [0.4, 0.5) is 5.69 Å². The van der Waals surface area contributed by atoms with Crippen LogP contribution < -0.4 is 15.5 Å². The van der Waals surface area contributed by atoms with Crippen LogP contribution in [-0.2, 0) is 9.59 Å². The van der Waals surface area contributed by atoms with Crippen molar-refractivity contribution in [1.82, 2.24) is 10.6 Å². The highest BCUT2D eigenvalue weighted by atomic mass is 32.2. The average molecular weight is 319 g/mol. The first-order valence-corrected chi connectivity index (χ1v) is 8.78. The van der Waals surface area contributed by atoms with Crippen molar-refractivity contribution in [2.45, 2.75) is 25.3 Å². The summed E-state index contributed by atoms with van der Waals surface area (Å²) < 4.78 is 0. The first-order valence-electron chi connectivity index (χ1n) is 7.62. The van der Waals surface area contributed by atoms with Crippen LogP contribution in [0.5, 0.6) is 0 Å². The second kappa shape index (κ2) is 6.71. The molecule has 1 saturated heterocycles. The van der Waals surface area contributed by atoms with E-state index in [1.807, 2.05) is 23.1 Å². The lowest BCUT2D eigenvalue weighted by Crippen LogP contribution is -2.42. The first-order chi connectivity index (χ1) is 10.7. The molecule has 0 saturated carbocycles. The molecule has 2 heterocycles. The molecule has 0 spiro atoms. The number of hydrogen-bond acceptors (Lipinski definition) is 4. The number of hydrogen-bond donors (Lipinski definition) is 2. The van der Waals surface area contributed by atoms with E-state index in [1.165, 1.54) is 5.56 Å². The van der Waals surface area contributed by atoms with E-state index in [0.29, 0.717) is 19.0 Å². The van der Waals surface area contributed by atoms with Gasteiger partial charge in [-0.2, -0.15) is 0 Å². The maximum Gasteiger partial charge on any atom is 0.238 e. The highest BCUT2D eigenvalue weighted by molar-refractivity contribution is 7.99. The molecule has 1 fully saturated rings. The van der Waals surface area contributed by atoms with E-state index in [9.17, 15) is 9.59 Å². The van der Waals surface area contributed by atoms with Crippen molar-refractivity contribution < 1.29 is 9.59 Å². The third-order valence-corrected chi connectivity index (χ3v) is 5.22. The Labute approximate surface area is 134 Å². The molecule has 0 radical (unpaired) electrons. The molecule has 0 aromatic heterocycles. The van der Waals surface area contributed by atoms with Crippen molar-refractivity contribution in [2.24, 2.45) is 0 Å². The molecule has 118 valence electrons. The molecule has 2 N–H and O–H groups in total. The number of fused-ring (bicyclic) bond motifs is 1. The Morgan fingerprint density at radius 1 is 1.41 bits per heavy atom. The molecule has 6 heteroatoms. The minimum absolute atomic E-state index is 0.0606. The van der Waals surface area contributed by atoms with E-state index in [2.05, 4.69) is 16.7 Å². The lowest BCUT2D eigenvalue weighted by atomic mass is 9.98. The van der Waals surface area contributed by atoms with E-state index in [-0.39, 0.29) is 17.9 Å². The van der Waals surface area contributed by atoms with Gasteiger partial charge in [-0.1, -0.05) is 18.2 Å². The van der Waals surface area contributed by atoms with E-state index in [0.717, 1.165) is 23.7 Å². The summed E-state index contributed by atoms with van der Waals surface area (Å²) in [6.07, 6.45) is 0.854. The van der Waals surface area contributed by atoms with Crippen molar-refractivity contribution in [3.8, 4) is 0 Å². The number of carbonyl (C=O) groups excluding carboxylic acids is 2. The molecule has 22 heavy (non-hydrogen) atoms. The second-order valence-corrected chi connectivity index (χ2v) is 6.77. The monoisotopic (exact) mass is 319 g/mol. The lowest BCUT2D eigenvalue weighted by Gasteiger charge is -2.16. The van der Waals surface area contributed by atoms with Crippen LogP contribution in [0.15, 0.2) is 24.3 Å². The molecular weight excluding hydrogens is 298 g/mol. The van der Waals surface area contributed by atoms with Gasteiger partial charge in [0.05, 0.1) is 6.04 Å². The average Bonchev–Trinajstić information content (AvgIpc) is 3.15. The Hall–Kier alpha value is -1.53. The number of thioether (sulfide) groups is 1. The van der Waals surface area contributed by atoms with Gasteiger partial charge in [0.1, 0.15) is 0 Å². The van der Waals surface area contributed by atoms with Crippen LogP contribution >= 0.6 is 11.8 Å². The van der Waals surface area contributed by atoms with Crippen molar-refractivity contribution in [2.75, 3.05) is 29.6 Å². The van der Waals surface area contributed by atoms with E-state index in [1.54, 1.807) is 18.7 Å². The van der Waals surface area contributed by atoms with Crippen molar-refractivity contribution in [3.63, 3.8) is 0 Å². The summed E-state index contributed by atoms with van der Waals surface area (Å²) in [4.78, 5) is 25.6. The summed E-state index contributed by atoms with van der Waals surface area (Å²) in [6.45, 7) is 2.96. The zero-order chi connectivity index (χ0) is 15.5. The summed E-state index contributed by atoms with van der Waals surface area (Å²) in [7, 11) is 0. The Bertz CT molecular complexity index is 572. The molecule has 0 bridgehead atoms. The minimum atomic E-state index is -0.0606. The molecule has 2 aliphatic rings. The van der Waals surface area contributed by atoms with Gasteiger partial charge in [0, 0.05) is 43.2 Å². The first kappa shape index (κ1) is 15.4. The number of amides is 2. The zero-order valence-corrected chi connectivity index (χ0v) is 13.5. The summed E-state index contributed by atoms with van der Waals surface area (Å²) in [5.41, 5.74) is 2.22. The number of benzene rings is 1. The number of nitrogens with zero attached hydrogens (tertiary/aromatic N) is 1. The molecular formula is C16H21N3O2S. The quantitative estimate of drug-likeness (QED) is 0.878. The van der Waals surface area contributed by atoms with Gasteiger partial charge in [0.15, 0.2) is 0 Å². The summed E-state index contributed by atoms with van der Waals surface area (Å²) in [6, 6.07) is 7.99. The van der Waals surface area contributed by atoms with Crippen LogP contribution in [0.2, 0.25) is 0 Å². The molecule has 1 aromatic rings. The number of para-hydroxylation sites is 1. The topological polar surface area (TPSA) is 61.4 Å². The third-order valence-electron chi connectivity index (χ3n) is 4.28. The number of anilines is 1. The molecule has 2 atom stereocenters. The Morgan fingerprint density at radius 3 is 2.95 bits per heavy atom. The Kier molecular flexibility index (Phi) is 4.69. The van der Waals surface area contributed by atoms with Crippen LogP contribution in [0.3, 0.4) is 0 Å². The van der Waals surface area contributed by atoms with Gasteiger partial charge >= 0.3 is 0 Å². The van der Waals surface area contributed by atoms with E-state index >= 15 is 0 Å². The molecule has 2 amide bonds. The van der Waals surface area contributed by atoms with Crippen LogP contribution in [-0.4, -0.2) is 42.6 Å². The Balaban J connectivity index is 1.57. The molecule has 2 aliphatic heterocycles. The highest BCUT2D eigenvalue weighted by Gasteiger charge is 2.30. The third kappa shape index (κ3) is 3.13. The maximum absolute atomic E-state index is 12.0.